The van der Waals surface area contributed by atoms with E-state index in [0.717, 1.165) is 12.1 Å². The summed E-state index contributed by atoms with van der Waals surface area (Å²) in [6, 6.07) is 2.29. The van der Waals surface area contributed by atoms with Crippen LogP contribution in [0, 0.1) is 11.6 Å². The summed E-state index contributed by atoms with van der Waals surface area (Å²) in [5.41, 5.74) is -0.0261. The molecule has 1 aromatic heterocycles. The van der Waals surface area contributed by atoms with Gasteiger partial charge in [-0.05, 0) is 34.6 Å². The van der Waals surface area contributed by atoms with E-state index in [4.69, 9.17) is 17.0 Å². The molecule has 5 nitrogen and oxygen atoms in total. The van der Waals surface area contributed by atoms with Gasteiger partial charge in [-0.15, -0.1) is 0 Å². The zero-order valence-corrected chi connectivity index (χ0v) is 14.5. The highest BCUT2D eigenvalue weighted by Crippen LogP contribution is 2.20. The van der Waals surface area contributed by atoms with Gasteiger partial charge in [-0.2, -0.15) is 0 Å². The number of nitrogens with zero attached hydrogens (tertiary/aromatic N) is 2. The normalized spacial score (nSPS) is 10.3. The summed E-state index contributed by atoms with van der Waals surface area (Å²) in [6.07, 6.45) is 3.17. The van der Waals surface area contributed by atoms with Crippen LogP contribution >= 0.6 is 28.1 Å². The van der Waals surface area contributed by atoms with Gasteiger partial charge >= 0.3 is 0 Å². The van der Waals surface area contributed by atoms with Gasteiger partial charge in [0.1, 0.15) is 22.0 Å². The number of thiocarbonyl (C=S) groups is 1. The molecule has 2 N–H and O–H groups in total. The first kappa shape index (κ1) is 17.5. The van der Waals surface area contributed by atoms with Gasteiger partial charge in [0, 0.05) is 36.6 Å². The third kappa shape index (κ3) is 4.80. The Labute approximate surface area is 145 Å². The molecular formula is C14H13BrF2N4OS. The molecule has 0 spiro atoms. The fraction of sp³-hybridized carbons (Fsp3) is 0.214. The second-order valence-electron chi connectivity index (χ2n) is 4.40. The van der Waals surface area contributed by atoms with Gasteiger partial charge in [-0.1, -0.05) is 0 Å². The van der Waals surface area contributed by atoms with Crippen LogP contribution in [-0.2, 0) is 6.42 Å². The Balaban J connectivity index is 1.90. The number of aromatic nitrogens is 2. The molecule has 0 radical (unpaired) electrons. The van der Waals surface area contributed by atoms with Crippen LogP contribution in [0.25, 0.3) is 0 Å². The average molecular weight is 403 g/mol. The van der Waals surface area contributed by atoms with Crippen molar-refractivity contribution in [1.82, 2.24) is 15.3 Å². The van der Waals surface area contributed by atoms with Crippen LogP contribution in [0.4, 0.5) is 14.6 Å². The third-order valence-corrected chi connectivity index (χ3v) is 3.72. The summed E-state index contributed by atoms with van der Waals surface area (Å²) in [5, 5.41) is 5.97. The van der Waals surface area contributed by atoms with Crippen LogP contribution in [0.2, 0.25) is 0 Å². The SMILES string of the molecule is COc1cc(F)c(CCNC(=S)Nc2nccnc2Br)c(F)c1. The molecule has 0 saturated carbocycles. The minimum absolute atomic E-state index is 0.0261. The number of hydrogen-bond donors (Lipinski definition) is 2. The maximum Gasteiger partial charge on any atom is 0.172 e. The van der Waals surface area contributed by atoms with Crippen molar-refractivity contribution < 1.29 is 13.5 Å². The number of benzene rings is 1. The lowest BCUT2D eigenvalue weighted by atomic mass is 10.1. The molecule has 1 heterocycles. The van der Waals surface area contributed by atoms with Gasteiger partial charge in [0.25, 0.3) is 0 Å². The van der Waals surface area contributed by atoms with Gasteiger partial charge in [-0.25, -0.2) is 18.7 Å². The number of halogens is 3. The summed E-state index contributed by atoms with van der Waals surface area (Å²) in [6.45, 7) is 0.254. The third-order valence-electron chi connectivity index (χ3n) is 2.90. The fourth-order valence-electron chi connectivity index (χ4n) is 1.79. The van der Waals surface area contributed by atoms with Crippen molar-refractivity contribution in [2.75, 3.05) is 19.0 Å². The minimum Gasteiger partial charge on any atom is -0.497 e. The number of anilines is 1. The van der Waals surface area contributed by atoms with E-state index in [-0.39, 0.29) is 29.4 Å². The Morgan fingerprint density at radius 2 is 1.91 bits per heavy atom. The standard InChI is InChI=1S/C14H13BrF2N4OS/c1-22-8-6-10(16)9(11(17)7-8)2-3-20-14(23)21-13-12(15)18-4-5-19-13/h4-7H,2-3H2,1H3,(H2,19,20,21,23). The second kappa shape index (κ2) is 8.11. The van der Waals surface area contributed by atoms with Gasteiger partial charge in [0.15, 0.2) is 10.9 Å². The molecule has 0 unspecified atom stereocenters. The molecule has 0 bridgehead atoms. The summed E-state index contributed by atoms with van der Waals surface area (Å²) < 4.78 is 32.9. The zero-order chi connectivity index (χ0) is 16.8. The van der Waals surface area contributed by atoms with Crippen molar-refractivity contribution in [1.29, 1.82) is 0 Å². The zero-order valence-electron chi connectivity index (χ0n) is 12.1. The van der Waals surface area contributed by atoms with E-state index in [2.05, 4.69) is 36.5 Å². The number of methoxy groups -OCH3 is 1. The Morgan fingerprint density at radius 3 is 2.52 bits per heavy atom. The predicted molar refractivity (Wildman–Crippen MR) is 90.6 cm³/mol. The maximum atomic E-state index is 13.8. The lowest BCUT2D eigenvalue weighted by molar-refractivity contribution is 0.405. The van der Waals surface area contributed by atoms with Crippen molar-refractivity contribution in [2.45, 2.75) is 6.42 Å². The smallest absolute Gasteiger partial charge is 0.172 e. The van der Waals surface area contributed by atoms with Crippen LogP contribution in [0.5, 0.6) is 5.75 Å². The van der Waals surface area contributed by atoms with Crippen LogP contribution in [0.1, 0.15) is 5.56 Å². The predicted octanol–water partition coefficient (Wildman–Crippen LogP) is 3.06. The molecule has 0 amide bonds. The van der Waals surface area contributed by atoms with Crippen LogP contribution in [0.15, 0.2) is 29.1 Å². The van der Waals surface area contributed by atoms with Gasteiger partial charge in [0.05, 0.1) is 7.11 Å². The molecule has 0 aliphatic rings. The fourth-order valence-corrected chi connectivity index (χ4v) is 2.31. The Hall–Kier alpha value is -1.87. The van der Waals surface area contributed by atoms with E-state index in [1.54, 1.807) is 0 Å². The molecule has 122 valence electrons. The Bertz CT molecular complexity index is 694. The molecule has 2 aromatic rings. The van der Waals surface area contributed by atoms with Crippen molar-refractivity contribution in [3.8, 4) is 5.75 Å². The monoisotopic (exact) mass is 402 g/mol. The number of nitrogens with one attached hydrogen (secondary N) is 2. The van der Waals surface area contributed by atoms with Gasteiger partial charge in [-0.3, -0.25) is 0 Å². The lowest BCUT2D eigenvalue weighted by Crippen LogP contribution is -2.31. The molecule has 0 aliphatic carbocycles. The summed E-state index contributed by atoms with van der Waals surface area (Å²) in [7, 11) is 1.35. The molecule has 1 aromatic carbocycles. The van der Waals surface area contributed by atoms with Gasteiger partial charge < -0.3 is 15.4 Å². The quantitative estimate of drug-likeness (QED) is 0.749. The maximum absolute atomic E-state index is 13.8. The Morgan fingerprint density at radius 1 is 1.26 bits per heavy atom. The first-order chi connectivity index (χ1) is 11.0. The second-order valence-corrected chi connectivity index (χ2v) is 5.56. The highest BCUT2D eigenvalue weighted by atomic mass is 79.9. The van der Waals surface area contributed by atoms with Crippen LogP contribution < -0.4 is 15.4 Å². The van der Waals surface area contributed by atoms with Crippen LogP contribution in [0.3, 0.4) is 0 Å². The summed E-state index contributed by atoms with van der Waals surface area (Å²) in [5.74, 6) is -0.716. The largest absolute Gasteiger partial charge is 0.497 e. The first-order valence-electron chi connectivity index (χ1n) is 6.54. The molecule has 23 heavy (non-hydrogen) atoms. The molecule has 0 atom stereocenters. The molecule has 0 fully saturated rings. The van der Waals surface area contributed by atoms with E-state index in [1.165, 1.54) is 19.5 Å². The van der Waals surface area contributed by atoms with Crippen molar-refractivity contribution in [3.63, 3.8) is 0 Å². The van der Waals surface area contributed by atoms with E-state index in [1.807, 2.05) is 0 Å². The molecule has 0 saturated heterocycles. The number of rotatable bonds is 5. The van der Waals surface area contributed by atoms with Crippen molar-refractivity contribution >= 4 is 39.1 Å². The highest BCUT2D eigenvalue weighted by Gasteiger charge is 2.12. The molecule has 0 aliphatic heterocycles. The van der Waals surface area contributed by atoms with Gasteiger partial charge in [0.2, 0.25) is 0 Å². The highest BCUT2D eigenvalue weighted by molar-refractivity contribution is 9.10. The van der Waals surface area contributed by atoms with E-state index >= 15 is 0 Å². The molecular weight excluding hydrogens is 390 g/mol. The topological polar surface area (TPSA) is 59.1 Å². The number of ether oxygens (including phenoxy) is 1. The van der Waals surface area contributed by atoms with Crippen molar-refractivity contribution in [2.24, 2.45) is 0 Å². The first-order valence-corrected chi connectivity index (χ1v) is 7.74. The minimum atomic E-state index is -0.654. The van der Waals surface area contributed by atoms with E-state index < -0.39 is 11.6 Å². The number of hydrogen-bond acceptors (Lipinski definition) is 4. The van der Waals surface area contributed by atoms with E-state index in [9.17, 15) is 8.78 Å². The molecule has 9 heteroatoms. The lowest BCUT2D eigenvalue weighted by Gasteiger charge is -2.11. The summed E-state index contributed by atoms with van der Waals surface area (Å²) >= 11 is 8.33. The van der Waals surface area contributed by atoms with Crippen molar-refractivity contribution in [3.05, 3.63) is 46.3 Å². The Kier molecular flexibility index (Phi) is 6.17. The van der Waals surface area contributed by atoms with Crippen LogP contribution in [-0.4, -0.2) is 28.7 Å². The van der Waals surface area contributed by atoms with E-state index in [0.29, 0.717) is 10.4 Å². The average Bonchev–Trinajstić information content (AvgIpc) is 2.52. The summed E-state index contributed by atoms with van der Waals surface area (Å²) in [4.78, 5) is 8.04. The molecule has 2 rings (SSSR count).